The van der Waals surface area contributed by atoms with E-state index >= 15 is 0 Å². The van der Waals surface area contributed by atoms with E-state index in [-0.39, 0.29) is 12.5 Å². The number of aromatic nitrogens is 2. The SMILES string of the molecule is O=C(COc1ccccc1)Nc1ccccc1OCc1cn2ccccc2n1. The Morgan fingerprint density at radius 3 is 2.57 bits per heavy atom. The molecule has 6 heteroatoms. The second kappa shape index (κ2) is 8.26. The van der Waals surface area contributed by atoms with E-state index in [0.717, 1.165) is 11.3 Å². The number of hydrogen-bond donors (Lipinski definition) is 1. The first-order chi connectivity index (χ1) is 13.8. The van der Waals surface area contributed by atoms with Gasteiger partial charge in [0, 0.05) is 12.4 Å². The molecule has 0 radical (unpaired) electrons. The predicted molar refractivity (Wildman–Crippen MR) is 107 cm³/mol. The summed E-state index contributed by atoms with van der Waals surface area (Å²) in [5, 5.41) is 2.83. The number of pyridine rings is 1. The molecule has 0 aliphatic rings. The first-order valence-electron chi connectivity index (χ1n) is 8.90. The summed E-state index contributed by atoms with van der Waals surface area (Å²) in [6.07, 6.45) is 3.86. The van der Waals surface area contributed by atoms with Crippen molar-refractivity contribution in [3.05, 3.63) is 90.9 Å². The Morgan fingerprint density at radius 1 is 0.929 bits per heavy atom. The van der Waals surface area contributed by atoms with Gasteiger partial charge in [0.05, 0.1) is 11.4 Å². The molecule has 0 saturated heterocycles. The molecule has 2 aromatic heterocycles. The van der Waals surface area contributed by atoms with Crippen LogP contribution in [0.2, 0.25) is 0 Å². The van der Waals surface area contributed by atoms with Crippen LogP contribution in [-0.2, 0) is 11.4 Å². The van der Waals surface area contributed by atoms with E-state index in [0.29, 0.717) is 23.8 Å². The molecule has 2 aromatic carbocycles. The van der Waals surface area contributed by atoms with Crippen molar-refractivity contribution in [3.63, 3.8) is 0 Å². The molecule has 0 saturated carbocycles. The molecule has 28 heavy (non-hydrogen) atoms. The number of ether oxygens (including phenoxy) is 2. The van der Waals surface area contributed by atoms with Crippen molar-refractivity contribution in [2.75, 3.05) is 11.9 Å². The van der Waals surface area contributed by atoms with Crippen LogP contribution in [0.25, 0.3) is 5.65 Å². The average Bonchev–Trinajstić information content (AvgIpc) is 3.15. The zero-order valence-electron chi connectivity index (χ0n) is 15.1. The van der Waals surface area contributed by atoms with Gasteiger partial charge in [0.25, 0.3) is 5.91 Å². The second-order valence-corrected chi connectivity index (χ2v) is 6.13. The number of rotatable bonds is 7. The van der Waals surface area contributed by atoms with Crippen molar-refractivity contribution in [1.82, 2.24) is 9.38 Å². The fraction of sp³-hybridized carbons (Fsp3) is 0.0909. The van der Waals surface area contributed by atoms with E-state index in [2.05, 4.69) is 10.3 Å². The number of benzene rings is 2. The summed E-state index contributed by atoms with van der Waals surface area (Å²) >= 11 is 0. The van der Waals surface area contributed by atoms with E-state index in [9.17, 15) is 4.79 Å². The maximum atomic E-state index is 12.2. The molecular formula is C22H19N3O3. The Labute approximate surface area is 162 Å². The average molecular weight is 373 g/mol. The van der Waals surface area contributed by atoms with E-state index < -0.39 is 0 Å². The van der Waals surface area contributed by atoms with Crippen molar-refractivity contribution in [1.29, 1.82) is 0 Å². The molecular weight excluding hydrogens is 354 g/mol. The van der Waals surface area contributed by atoms with E-state index in [1.54, 1.807) is 18.2 Å². The van der Waals surface area contributed by atoms with Gasteiger partial charge in [0.15, 0.2) is 6.61 Å². The van der Waals surface area contributed by atoms with Crippen LogP contribution in [0.4, 0.5) is 5.69 Å². The number of fused-ring (bicyclic) bond motifs is 1. The lowest BCUT2D eigenvalue weighted by Crippen LogP contribution is -2.20. The Kier molecular flexibility index (Phi) is 5.20. The third kappa shape index (κ3) is 4.29. The Hall–Kier alpha value is -3.80. The highest BCUT2D eigenvalue weighted by Crippen LogP contribution is 2.24. The van der Waals surface area contributed by atoms with E-state index in [4.69, 9.17) is 9.47 Å². The van der Waals surface area contributed by atoms with Crippen LogP contribution in [0, 0.1) is 0 Å². The fourth-order valence-corrected chi connectivity index (χ4v) is 2.76. The van der Waals surface area contributed by atoms with Crippen LogP contribution in [-0.4, -0.2) is 21.9 Å². The molecule has 0 fully saturated rings. The summed E-state index contributed by atoms with van der Waals surface area (Å²) in [7, 11) is 0. The van der Waals surface area contributed by atoms with Gasteiger partial charge in [-0.25, -0.2) is 4.98 Å². The van der Waals surface area contributed by atoms with Crippen molar-refractivity contribution >= 4 is 17.2 Å². The largest absolute Gasteiger partial charge is 0.485 e. The Balaban J connectivity index is 1.38. The smallest absolute Gasteiger partial charge is 0.262 e. The maximum Gasteiger partial charge on any atom is 0.262 e. The van der Waals surface area contributed by atoms with Crippen molar-refractivity contribution < 1.29 is 14.3 Å². The van der Waals surface area contributed by atoms with Gasteiger partial charge in [0.2, 0.25) is 0 Å². The molecule has 1 N–H and O–H groups in total. The monoisotopic (exact) mass is 373 g/mol. The minimum absolute atomic E-state index is 0.0786. The number of nitrogens with zero attached hydrogens (tertiary/aromatic N) is 2. The molecule has 140 valence electrons. The van der Waals surface area contributed by atoms with Crippen LogP contribution < -0.4 is 14.8 Å². The summed E-state index contributed by atoms with van der Waals surface area (Å²) in [5.74, 6) is 0.967. The number of amides is 1. The lowest BCUT2D eigenvalue weighted by molar-refractivity contribution is -0.118. The van der Waals surface area contributed by atoms with Crippen LogP contribution in [0.15, 0.2) is 85.2 Å². The molecule has 0 aliphatic heterocycles. The highest BCUT2D eigenvalue weighted by molar-refractivity contribution is 5.93. The van der Waals surface area contributed by atoms with Gasteiger partial charge in [-0.1, -0.05) is 36.4 Å². The summed E-state index contributed by atoms with van der Waals surface area (Å²) < 4.78 is 13.3. The van der Waals surface area contributed by atoms with Gasteiger partial charge < -0.3 is 19.2 Å². The summed E-state index contributed by atoms with van der Waals surface area (Å²) in [6.45, 7) is 0.222. The van der Waals surface area contributed by atoms with E-state index in [1.807, 2.05) is 71.4 Å². The summed E-state index contributed by atoms with van der Waals surface area (Å²) in [6, 6.07) is 22.3. The standard InChI is InChI=1S/C22H19N3O3/c26-22(16-27-18-8-2-1-3-9-18)24-19-10-4-5-11-20(19)28-15-17-14-25-13-7-6-12-21(25)23-17/h1-14H,15-16H2,(H,24,26). The number of carbonyl (C=O) groups excluding carboxylic acids is 1. The van der Waals surface area contributed by atoms with Gasteiger partial charge in [-0.3, -0.25) is 4.79 Å². The highest BCUT2D eigenvalue weighted by Gasteiger charge is 2.09. The fourth-order valence-electron chi connectivity index (χ4n) is 2.76. The Morgan fingerprint density at radius 2 is 1.71 bits per heavy atom. The third-order valence-corrected chi connectivity index (χ3v) is 4.06. The Bertz CT molecular complexity index is 1040. The zero-order chi connectivity index (χ0) is 19.2. The van der Waals surface area contributed by atoms with Crippen LogP contribution in [0.5, 0.6) is 11.5 Å². The van der Waals surface area contributed by atoms with Gasteiger partial charge >= 0.3 is 0 Å². The molecule has 2 heterocycles. The molecule has 0 unspecified atom stereocenters. The number of para-hydroxylation sites is 3. The number of hydrogen-bond acceptors (Lipinski definition) is 4. The van der Waals surface area contributed by atoms with E-state index in [1.165, 1.54) is 0 Å². The van der Waals surface area contributed by atoms with Gasteiger partial charge in [0.1, 0.15) is 23.8 Å². The van der Waals surface area contributed by atoms with Gasteiger partial charge in [-0.2, -0.15) is 0 Å². The van der Waals surface area contributed by atoms with Crippen molar-refractivity contribution in [2.24, 2.45) is 0 Å². The molecule has 1 amide bonds. The van der Waals surface area contributed by atoms with Gasteiger partial charge in [-0.05, 0) is 36.4 Å². The number of imidazole rings is 1. The topological polar surface area (TPSA) is 64.9 Å². The molecule has 6 nitrogen and oxygen atoms in total. The summed E-state index contributed by atoms with van der Waals surface area (Å²) in [4.78, 5) is 16.7. The lowest BCUT2D eigenvalue weighted by Gasteiger charge is -2.12. The molecule has 0 aliphatic carbocycles. The molecule has 0 atom stereocenters. The maximum absolute atomic E-state index is 12.2. The van der Waals surface area contributed by atoms with Crippen LogP contribution in [0.3, 0.4) is 0 Å². The van der Waals surface area contributed by atoms with Crippen LogP contribution >= 0.6 is 0 Å². The minimum atomic E-state index is -0.257. The number of anilines is 1. The van der Waals surface area contributed by atoms with Crippen LogP contribution in [0.1, 0.15) is 5.69 Å². The normalized spacial score (nSPS) is 10.6. The number of nitrogens with one attached hydrogen (secondary N) is 1. The first kappa shape index (κ1) is 17.6. The predicted octanol–water partition coefficient (Wildman–Crippen LogP) is 3.93. The molecule has 0 spiro atoms. The zero-order valence-corrected chi connectivity index (χ0v) is 15.1. The van der Waals surface area contributed by atoms with Gasteiger partial charge in [-0.15, -0.1) is 0 Å². The van der Waals surface area contributed by atoms with Crippen molar-refractivity contribution in [2.45, 2.75) is 6.61 Å². The van der Waals surface area contributed by atoms with Crippen molar-refractivity contribution in [3.8, 4) is 11.5 Å². The third-order valence-electron chi connectivity index (χ3n) is 4.06. The number of carbonyl (C=O) groups is 1. The molecule has 0 bridgehead atoms. The second-order valence-electron chi connectivity index (χ2n) is 6.13. The molecule has 4 rings (SSSR count). The minimum Gasteiger partial charge on any atom is -0.485 e. The quantitative estimate of drug-likeness (QED) is 0.533. The summed E-state index contributed by atoms with van der Waals surface area (Å²) in [5.41, 5.74) is 2.26. The highest BCUT2D eigenvalue weighted by atomic mass is 16.5. The lowest BCUT2D eigenvalue weighted by atomic mass is 10.3. The first-order valence-corrected chi connectivity index (χ1v) is 8.90. The molecule has 4 aromatic rings.